The third-order valence-electron chi connectivity index (χ3n) is 4.89. The monoisotopic (exact) mass is 337 g/mol. The van der Waals surface area contributed by atoms with E-state index in [9.17, 15) is 4.79 Å². The molecule has 3 aromatic rings. The van der Waals surface area contributed by atoms with Crippen molar-refractivity contribution < 1.29 is 4.79 Å². The Morgan fingerprint density at radius 3 is 3.28 bits per heavy atom. The highest BCUT2D eigenvalue weighted by molar-refractivity contribution is 5.86. The Kier molecular flexibility index (Phi) is 4.28. The summed E-state index contributed by atoms with van der Waals surface area (Å²) in [6.07, 6.45) is 7.03. The first-order valence-corrected chi connectivity index (χ1v) is 8.76. The third kappa shape index (κ3) is 3.30. The van der Waals surface area contributed by atoms with Gasteiger partial charge in [-0.3, -0.25) is 4.79 Å². The molecule has 0 saturated carbocycles. The molecular weight excluding hydrogens is 314 g/mol. The molecule has 6 heteroatoms. The van der Waals surface area contributed by atoms with E-state index >= 15 is 0 Å². The molecule has 1 unspecified atom stereocenters. The number of aromatic nitrogens is 3. The molecule has 3 heterocycles. The summed E-state index contributed by atoms with van der Waals surface area (Å²) in [4.78, 5) is 20.0. The number of para-hydroxylation sites is 1. The highest BCUT2D eigenvalue weighted by Crippen LogP contribution is 2.22. The lowest BCUT2D eigenvalue weighted by Gasteiger charge is -2.17. The van der Waals surface area contributed by atoms with Gasteiger partial charge in [-0.1, -0.05) is 18.2 Å². The Labute approximate surface area is 146 Å². The summed E-state index contributed by atoms with van der Waals surface area (Å²) in [5, 5.41) is 7.71. The van der Waals surface area contributed by atoms with E-state index in [1.54, 1.807) is 6.20 Å². The standard InChI is InChI=1S/C19H23N5O/c1-13-3-2-4-16-14(9-22-19(13)16)5-6-18(25)23-15-10-20-11-17-21-7-8-24(17)12-15/h2-4,7-9,15,20,22H,5-6,10-12H2,1H3,(H,23,25). The van der Waals surface area contributed by atoms with Gasteiger partial charge in [0.15, 0.2) is 0 Å². The fraction of sp³-hybridized carbons (Fsp3) is 0.368. The minimum Gasteiger partial charge on any atom is -0.361 e. The van der Waals surface area contributed by atoms with Gasteiger partial charge in [-0.05, 0) is 24.5 Å². The number of nitrogens with one attached hydrogen (secondary N) is 3. The summed E-state index contributed by atoms with van der Waals surface area (Å²) >= 11 is 0. The highest BCUT2D eigenvalue weighted by atomic mass is 16.1. The molecule has 4 rings (SSSR count). The van der Waals surface area contributed by atoms with Crippen LogP contribution in [0.4, 0.5) is 0 Å². The van der Waals surface area contributed by atoms with Gasteiger partial charge in [0.05, 0.1) is 12.6 Å². The molecule has 25 heavy (non-hydrogen) atoms. The molecule has 0 fully saturated rings. The minimum atomic E-state index is 0.0909. The van der Waals surface area contributed by atoms with Crippen molar-refractivity contribution in [2.45, 2.75) is 38.9 Å². The largest absolute Gasteiger partial charge is 0.361 e. The normalized spacial score (nSPS) is 17.2. The molecule has 130 valence electrons. The maximum Gasteiger partial charge on any atom is 0.220 e. The topological polar surface area (TPSA) is 74.7 Å². The number of benzene rings is 1. The van der Waals surface area contributed by atoms with Gasteiger partial charge in [-0.25, -0.2) is 4.98 Å². The van der Waals surface area contributed by atoms with Gasteiger partial charge in [0, 0.05) is 49.0 Å². The first kappa shape index (κ1) is 15.9. The Hall–Kier alpha value is -2.60. The number of rotatable bonds is 4. The van der Waals surface area contributed by atoms with Crippen molar-refractivity contribution in [3.63, 3.8) is 0 Å². The number of carbonyl (C=O) groups excluding carboxylic acids is 1. The van der Waals surface area contributed by atoms with Crippen LogP contribution in [0.25, 0.3) is 10.9 Å². The highest BCUT2D eigenvalue weighted by Gasteiger charge is 2.18. The molecule has 1 aromatic carbocycles. The van der Waals surface area contributed by atoms with Crippen LogP contribution < -0.4 is 10.6 Å². The van der Waals surface area contributed by atoms with Crippen LogP contribution in [0.15, 0.2) is 36.8 Å². The van der Waals surface area contributed by atoms with Crippen molar-refractivity contribution in [3.05, 3.63) is 53.7 Å². The zero-order chi connectivity index (χ0) is 17.2. The molecular formula is C19H23N5O. The van der Waals surface area contributed by atoms with Crippen molar-refractivity contribution in [2.24, 2.45) is 0 Å². The summed E-state index contributed by atoms with van der Waals surface area (Å²) in [5.74, 6) is 1.11. The van der Waals surface area contributed by atoms with Crippen LogP contribution >= 0.6 is 0 Å². The number of H-pyrrole nitrogens is 1. The number of nitrogens with zero attached hydrogens (tertiary/aromatic N) is 2. The van der Waals surface area contributed by atoms with E-state index in [1.165, 1.54) is 22.0 Å². The first-order chi connectivity index (χ1) is 12.2. The minimum absolute atomic E-state index is 0.0909. The van der Waals surface area contributed by atoms with E-state index in [0.717, 1.165) is 31.9 Å². The lowest BCUT2D eigenvalue weighted by molar-refractivity contribution is -0.121. The van der Waals surface area contributed by atoms with Gasteiger partial charge in [0.1, 0.15) is 5.82 Å². The van der Waals surface area contributed by atoms with E-state index < -0.39 is 0 Å². The second kappa shape index (κ2) is 6.72. The van der Waals surface area contributed by atoms with Gasteiger partial charge in [-0.2, -0.15) is 0 Å². The quantitative estimate of drug-likeness (QED) is 0.681. The van der Waals surface area contributed by atoms with Crippen molar-refractivity contribution >= 4 is 16.8 Å². The van der Waals surface area contributed by atoms with Crippen molar-refractivity contribution in [1.29, 1.82) is 0 Å². The van der Waals surface area contributed by atoms with Crippen molar-refractivity contribution in [3.8, 4) is 0 Å². The van der Waals surface area contributed by atoms with Gasteiger partial charge >= 0.3 is 0 Å². The maximum atomic E-state index is 12.4. The average Bonchev–Trinajstić information content (AvgIpc) is 3.17. The number of carbonyl (C=O) groups is 1. The second-order valence-corrected chi connectivity index (χ2v) is 6.70. The van der Waals surface area contributed by atoms with Crippen LogP contribution in [0, 0.1) is 6.92 Å². The molecule has 0 bridgehead atoms. The Bertz CT molecular complexity index is 894. The molecule has 0 saturated heterocycles. The van der Waals surface area contributed by atoms with Crippen LogP contribution in [-0.2, 0) is 24.3 Å². The summed E-state index contributed by atoms with van der Waals surface area (Å²) in [6.45, 7) is 4.37. The molecule has 2 aromatic heterocycles. The number of imidazole rings is 1. The number of fused-ring (bicyclic) bond motifs is 2. The smallest absolute Gasteiger partial charge is 0.220 e. The molecule has 6 nitrogen and oxygen atoms in total. The maximum absolute atomic E-state index is 12.4. The van der Waals surface area contributed by atoms with E-state index in [-0.39, 0.29) is 11.9 Å². The molecule has 0 spiro atoms. The van der Waals surface area contributed by atoms with E-state index in [4.69, 9.17) is 0 Å². The van der Waals surface area contributed by atoms with Crippen LogP contribution in [0.2, 0.25) is 0 Å². The Morgan fingerprint density at radius 2 is 2.36 bits per heavy atom. The fourth-order valence-electron chi connectivity index (χ4n) is 3.55. The van der Waals surface area contributed by atoms with E-state index in [1.807, 2.05) is 12.4 Å². The first-order valence-electron chi connectivity index (χ1n) is 8.76. The van der Waals surface area contributed by atoms with Crippen molar-refractivity contribution in [1.82, 2.24) is 25.2 Å². The summed E-state index contributed by atoms with van der Waals surface area (Å²) in [6, 6.07) is 6.36. The van der Waals surface area contributed by atoms with Crippen LogP contribution in [0.3, 0.4) is 0 Å². The number of aryl methyl sites for hydroxylation is 2. The fourth-order valence-corrected chi connectivity index (χ4v) is 3.55. The third-order valence-corrected chi connectivity index (χ3v) is 4.89. The molecule has 1 aliphatic heterocycles. The molecule has 1 amide bonds. The lowest BCUT2D eigenvalue weighted by Crippen LogP contribution is -2.42. The van der Waals surface area contributed by atoms with E-state index in [2.05, 4.69) is 50.3 Å². The molecule has 3 N–H and O–H groups in total. The number of hydrogen-bond donors (Lipinski definition) is 3. The van der Waals surface area contributed by atoms with Gasteiger partial charge in [0.2, 0.25) is 5.91 Å². The summed E-state index contributed by atoms with van der Waals surface area (Å²) in [7, 11) is 0. The molecule has 1 atom stereocenters. The average molecular weight is 337 g/mol. The van der Waals surface area contributed by atoms with Crippen LogP contribution in [0.5, 0.6) is 0 Å². The predicted molar refractivity (Wildman–Crippen MR) is 97.2 cm³/mol. The SMILES string of the molecule is Cc1cccc2c(CCC(=O)NC3CNCc4nccn4C3)c[nH]c12. The van der Waals surface area contributed by atoms with Gasteiger partial charge in [0.25, 0.3) is 0 Å². The number of aromatic amines is 1. The zero-order valence-corrected chi connectivity index (χ0v) is 14.4. The zero-order valence-electron chi connectivity index (χ0n) is 14.4. The van der Waals surface area contributed by atoms with Crippen LogP contribution in [0.1, 0.15) is 23.4 Å². The molecule has 0 aliphatic carbocycles. The number of hydrogen-bond acceptors (Lipinski definition) is 3. The van der Waals surface area contributed by atoms with Crippen molar-refractivity contribution in [2.75, 3.05) is 6.54 Å². The lowest BCUT2D eigenvalue weighted by atomic mass is 10.1. The summed E-state index contributed by atoms with van der Waals surface area (Å²) in [5.41, 5.74) is 3.59. The predicted octanol–water partition coefficient (Wildman–Crippen LogP) is 1.89. The number of amides is 1. The van der Waals surface area contributed by atoms with E-state index in [0.29, 0.717) is 6.42 Å². The van der Waals surface area contributed by atoms with Gasteiger partial charge in [-0.15, -0.1) is 0 Å². The van der Waals surface area contributed by atoms with Gasteiger partial charge < -0.3 is 20.2 Å². The Balaban J connectivity index is 1.37. The molecule has 0 radical (unpaired) electrons. The second-order valence-electron chi connectivity index (χ2n) is 6.70. The molecule has 1 aliphatic rings. The summed E-state index contributed by atoms with van der Waals surface area (Å²) < 4.78 is 2.10. The Morgan fingerprint density at radius 1 is 1.44 bits per heavy atom. The van der Waals surface area contributed by atoms with Crippen LogP contribution in [-0.4, -0.2) is 33.0 Å².